The molecule has 45 heavy (non-hydrogen) atoms. The van der Waals surface area contributed by atoms with Crippen molar-refractivity contribution in [2.45, 2.75) is 19.3 Å². The van der Waals surface area contributed by atoms with E-state index >= 15 is 0 Å². The second-order valence-corrected chi connectivity index (χ2v) is 12.5. The minimum atomic E-state index is -0.100. The van der Waals surface area contributed by atoms with Crippen LogP contribution in [0.2, 0.25) is 0 Å². The number of fused-ring (bicyclic) bond motifs is 7. The van der Waals surface area contributed by atoms with Crippen LogP contribution < -0.4 is 0 Å². The molecule has 1 aliphatic carbocycles. The van der Waals surface area contributed by atoms with Crippen molar-refractivity contribution in [1.82, 2.24) is 15.0 Å². The fraction of sp³-hybridized carbons (Fsp3) is 0.0714. The Bertz CT molecular complexity index is 2470. The van der Waals surface area contributed by atoms with E-state index in [0.717, 1.165) is 32.8 Å². The lowest BCUT2D eigenvalue weighted by Crippen LogP contribution is -2.14. The fourth-order valence-electron chi connectivity index (χ4n) is 7.25. The molecule has 1 aromatic heterocycles. The summed E-state index contributed by atoms with van der Waals surface area (Å²) in [5.74, 6) is 2.02. The number of nitrogens with zero attached hydrogens (tertiary/aromatic N) is 3. The molecule has 3 nitrogen and oxygen atoms in total. The average Bonchev–Trinajstić information content (AvgIpc) is 3.33. The van der Waals surface area contributed by atoms with E-state index in [9.17, 15) is 0 Å². The molecule has 1 heterocycles. The second-order valence-electron chi connectivity index (χ2n) is 12.5. The van der Waals surface area contributed by atoms with Crippen molar-refractivity contribution in [3.05, 3.63) is 151 Å². The Morgan fingerprint density at radius 3 is 1.89 bits per heavy atom. The fourth-order valence-corrected chi connectivity index (χ4v) is 7.25. The lowest BCUT2D eigenvalue weighted by atomic mass is 9.82. The zero-order chi connectivity index (χ0) is 30.1. The zero-order valence-electron chi connectivity index (χ0n) is 25.1. The molecule has 0 aliphatic heterocycles. The largest absolute Gasteiger partial charge is 0.208 e. The third kappa shape index (κ3) is 3.94. The molecule has 0 unspecified atom stereocenters. The Morgan fingerprint density at radius 2 is 1.02 bits per heavy atom. The number of hydrogen-bond donors (Lipinski definition) is 0. The quantitative estimate of drug-likeness (QED) is 0.210. The molecule has 0 spiro atoms. The molecule has 0 atom stereocenters. The first kappa shape index (κ1) is 25.8. The molecule has 212 valence electrons. The summed E-state index contributed by atoms with van der Waals surface area (Å²) in [4.78, 5) is 15.6. The van der Waals surface area contributed by atoms with Crippen LogP contribution in [0.5, 0.6) is 0 Å². The van der Waals surface area contributed by atoms with Gasteiger partial charge >= 0.3 is 0 Å². The van der Waals surface area contributed by atoms with Gasteiger partial charge < -0.3 is 0 Å². The van der Waals surface area contributed by atoms with Crippen LogP contribution in [0.3, 0.4) is 0 Å². The van der Waals surface area contributed by atoms with Crippen LogP contribution in [0.1, 0.15) is 25.0 Å². The van der Waals surface area contributed by atoms with Gasteiger partial charge in [0.2, 0.25) is 0 Å². The summed E-state index contributed by atoms with van der Waals surface area (Å²) >= 11 is 0. The molecule has 9 rings (SSSR count). The third-order valence-corrected chi connectivity index (χ3v) is 9.50. The Labute approximate surface area is 261 Å². The Kier molecular flexibility index (Phi) is 5.54. The monoisotopic (exact) mass is 575 g/mol. The molecule has 0 amide bonds. The number of benzene rings is 7. The topological polar surface area (TPSA) is 38.7 Å². The highest BCUT2D eigenvalue weighted by molar-refractivity contribution is 6.09. The van der Waals surface area contributed by atoms with Gasteiger partial charge in [0.15, 0.2) is 17.5 Å². The minimum absolute atomic E-state index is 0.100. The minimum Gasteiger partial charge on any atom is -0.208 e. The maximum atomic E-state index is 5.26. The van der Waals surface area contributed by atoms with E-state index in [0.29, 0.717) is 17.5 Å². The average molecular weight is 576 g/mol. The van der Waals surface area contributed by atoms with Crippen molar-refractivity contribution in [2.75, 3.05) is 0 Å². The molecule has 7 aromatic carbocycles. The molecule has 0 N–H and O–H groups in total. The number of rotatable bonds is 3. The zero-order valence-corrected chi connectivity index (χ0v) is 25.1. The SMILES string of the molecule is CC1(C)c2ccccc2-c2c1ccc1cccc(-c3nc(-c4ccc5ccccc5c4)nc(-c4cccc5ccccc45)n3)c21. The molecule has 1 aliphatic rings. The smallest absolute Gasteiger partial charge is 0.164 e. The van der Waals surface area contributed by atoms with Gasteiger partial charge in [-0.15, -0.1) is 0 Å². The van der Waals surface area contributed by atoms with Crippen molar-refractivity contribution in [3.63, 3.8) is 0 Å². The molecule has 0 bridgehead atoms. The van der Waals surface area contributed by atoms with E-state index in [4.69, 9.17) is 15.0 Å². The van der Waals surface area contributed by atoms with Crippen LogP contribution in [0.25, 0.3) is 77.6 Å². The van der Waals surface area contributed by atoms with Crippen molar-refractivity contribution >= 4 is 32.3 Å². The highest BCUT2D eigenvalue weighted by Crippen LogP contribution is 2.52. The Morgan fingerprint density at radius 1 is 0.422 bits per heavy atom. The second kappa shape index (κ2) is 9.67. The van der Waals surface area contributed by atoms with Gasteiger partial charge in [-0.25, -0.2) is 15.0 Å². The summed E-state index contributed by atoms with van der Waals surface area (Å²) in [6, 6.07) is 49.5. The number of aromatic nitrogens is 3. The lowest BCUT2D eigenvalue weighted by Gasteiger charge is -2.21. The molecule has 3 heteroatoms. The first-order chi connectivity index (χ1) is 22.1. The Balaban J connectivity index is 1.36. The van der Waals surface area contributed by atoms with Gasteiger partial charge in [-0.05, 0) is 55.3 Å². The van der Waals surface area contributed by atoms with Crippen LogP contribution in [-0.4, -0.2) is 15.0 Å². The molecule has 0 saturated heterocycles. The summed E-state index contributed by atoms with van der Waals surface area (Å²) < 4.78 is 0. The normalized spacial score (nSPS) is 13.3. The van der Waals surface area contributed by atoms with Gasteiger partial charge in [-0.3, -0.25) is 0 Å². The first-order valence-electron chi connectivity index (χ1n) is 15.5. The van der Waals surface area contributed by atoms with E-state index in [1.165, 1.54) is 38.4 Å². The van der Waals surface area contributed by atoms with Crippen molar-refractivity contribution in [2.24, 2.45) is 0 Å². The standard InChI is InChI=1S/C42H29N3/c1-42(2)35-20-8-7-17-33(35)38-36(42)24-23-28-15-10-19-34(37(28)38)41-44-39(30-22-21-26-11-3-4-13-29(26)25-30)43-40(45-41)32-18-9-14-27-12-5-6-16-31(27)32/h3-25H,1-2H3. The summed E-state index contributed by atoms with van der Waals surface area (Å²) in [6.45, 7) is 4.65. The Hall–Kier alpha value is -5.67. The van der Waals surface area contributed by atoms with E-state index < -0.39 is 0 Å². The van der Waals surface area contributed by atoms with Crippen LogP contribution in [0, 0.1) is 0 Å². The first-order valence-corrected chi connectivity index (χ1v) is 15.5. The van der Waals surface area contributed by atoms with Crippen molar-refractivity contribution in [1.29, 1.82) is 0 Å². The maximum absolute atomic E-state index is 5.26. The van der Waals surface area contributed by atoms with Gasteiger partial charge in [-0.2, -0.15) is 0 Å². The van der Waals surface area contributed by atoms with Crippen LogP contribution in [0.15, 0.2) is 140 Å². The van der Waals surface area contributed by atoms with Crippen LogP contribution >= 0.6 is 0 Å². The lowest BCUT2D eigenvalue weighted by molar-refractivity contribution is 0.661. The highest BCUT2D eigenvalue weighted by atomic mass is 15.0. The van der Waals surface area contributed by atoms with E-state index in [-0.39, 0.29) is 5.41 Å². The van der Waals surface area contributed by atoms with Gasteiger partial charge in [-0.1, -0.05) is 147 Å². The van der Waals surface area contributed by atoms with Crippen molar-refractivity contribution in [3.8, 4) is 45.3 Å². The van der Waals surface area contributed by atoms with Gasteiger partial charge in [0.05, 0.1) is 0 Å². The summed E-state index contributed by atoms with van der Waals surface area (Å²) in [7, 11) is 0. The van der Waals surface area contributed by atoms with Gasteiger partial charge in [0.25, 0.3) is 0 Å². The van der Waals surface area contributed by atoms with Crippen LogP contribution in [-0.2, 0) is 5.41 Å². The molecule has 8 aromatic rings. The van der Waals surface area contributed by atoms with E-state index in [1.807, 2.05) is 0 Å². The van der Waals surface area contributed by atoms with Gasteiger partial charge in [0.1, 0.15) is 0 Å². The molecule has 0 fully saturated rings. The maximum Gasteiger partial charge on any atom is 0.164 e. The molecule has 0 saturated carbocycles. The van der Waals surface area contributed by atoms with Crippen LogP contribution in [0.4, 0.5) is 0 Å². The predicted molar refractivity (Wildman–Crippen MR) is 186 cm³/mol. The van der Waals surface area contributed by atoms with E-state index in [1.54, 1.807) is 0 Å². The summed E-state index contributed by atoms with van der Waals surface area (Å²) in [6.07, 6.45) is 0. The van der Waals surface area contributed by atoms with E-state index in [2.05, 4.69) is 153 Å². The summed E-state index contributed by atoms with van der Waals surface area (Å²) in [5, 5.41) is 6.99. The molecule has 0 radical (unpaired) electrons. The number of hydrogen-bond acceptors (Lipinski definition) is 3. The van der Waals surface area contributed by atoms with Gasteiger partial charge in [0, 0.05) is 27.5 Å². The summed E-state index contributed by atoms with van der Waals surface area (Å²) in [5.41, 5.74) is 8.13. The highest BCUT2D eigenvalue weighted by Gasteiger charge is 2.36. The molecular weight excluding hydrogens is 546 g/mol. The molecular formula is C42H29N3. The van der Waals surface area contributed by atoms with Crippen molar-refractivity contribution < 1.29 is 0 Å². The third-order valence-electron chi connectivity index (χ3n) is 9.50. The predicted octanol–water partition coefficient (Wildman–Crippen LogP) is 10.6.